The van der Waals surface area contributed by atoms with Crippen molar-refractivity contribution in [3.05, 3.63) is 57.7 Å². The molecule has 1 unspecified atom stereocenters. The molecule has 1 aromatic heterocycles. The van der Waals surface area contributed by atoms with E-state index in [1.165, 1.54) is 0 Å². The normalized spacial score (nSPS) is 12.0. The van der Waals surface area contributed by atoms with Crippen LogP contribution >= 0.6 is 15.9 Å². The summed E-state index contributed by atoms with van der Waals surface area (Å²) in [5.41, 5.74) is 8.87. The minimum absolute atomic E-state index is 0.275. The van der Waals surface area contributed by atoms with Crippen molar-refractivity contribution >= 4 is 27.7 Å². The minimum atomic E-state index is -0.707. The Morgan fingerprint density at radius 1 is 1.30 bits per heavy atom. The van der Waals surface area contributed by atoms with Crippen LogP contribution in [-0.4, -0.2) is 10.9 Å². The molecule has 3 N–H and O–H groups in total. The molecular formula is C15H16BrN3O. The van der Waals surface area contributed by atoms with Gasteiger partial charge in [-0.1, -0.05) is 29.8 Å². The second kappa shape index (κ2) is 6.15. The highest BCUT2D eigenvalue weighted by Gasteiger charge is 2.16. The second-order valence-corrected chi connectivity index (χ2v) is 5.55. The van der Waals surface area contributed by atoms with Gasteiger partial charge >= 0.3 is 0 Å². The van der Waals surface area contributed by atoms with E-state index in [0.29, 0.717) is 5.82 Å². The number of hydrogen-bond donors (Lipinski definition) is 2. The molecule has 0 fully saturated rings. The topological polar surface area (TPSA) is 68.0 Å². The van der Waals surface area contributed by atoms with Gasteiger partial charge in [0.05, 0.1) is 0 Å². The van der Waals surface area contributed by atoms with E-state index in [1.807, 2.05) is 38.1 Å². The summed E-state index contributed by atoms with van der Waals surface area (Å²) in [6.07, 6.45) is 1.66. The number of aromatic nitrogens is 1. The molecule has 0 aliphatic rings. The van der Waals surface area contributed by atoms with Crippen molar-refractivity contribution in [2.24, 2.45) is 5.73 Å². The molecule has 0 spiro atoms. The number of amides is 1. The van der Waals surface area contributed by atoms with Crippen LogP contribution in [0.1, 0.15) is 22.7 Å². The van der Waals surface area contributed by atoms with Crippen molar-refractivity contribution in [2.75, 3.05) is 5.32 Å². The number of nitrogens with one attached hydrogen (secondary N) is 1. The lowest BCUT2D eigenvalue weighted by molar-refractivity contribution is -0.117. The zero-order chi connectivity index (χ0) is 14.7. The number of hydrogen-bond acceptors (Lipinski definition) is 3. The molecule has 4 nitrogen and oxygen atoms in total. The molecule has 2 rings (SSSR count). The van der Waals surface area contributed by atoms with Gasteiger partial charge in [0.25, 0.3) is 0 Å². The molecule has 0 saturated heterocycles. The summed E-state index contributed by atoms with van der Waals surface area (Å²) in [4.78, 5) is 16.2. The Hall–Kier alpha value is -1.72. The van der Waals surface area contributed by atoms with Crippen molar-refractivity contribution in [1.82, 2.24) is 4.98 Å². The molecule has 1 atom stereocenters. The molecule has 1 heterocycles. The Morgan fingerprint density at radius 3 is 2.55 bits per heavy atom. The molecule has 0 bridgehead atoms. The van der Waals surface area contributed by atoms with Crippen LogP contribution in [0.25, 0.3) is 0 Å². The monoisotopic (exact) mass is 333 g/mol. The van der Waals surface area contributed by atoms with E-state index in [4.69, 9.17) is 5.73 Å². The Kier molecular flexibility index (Phi) is 4.52. The van der Waals surface area contributed by atoms with Crippen LogP contribution in [0, 0.1) is 13.8 Å². The number of rotatable bonds is 3. The number of benzene rings is 1. The third-order valence-corrected chi connectivity index (χ3v) is 3.85. The molecule has 0 aliphatic heterocycles. The summed E-state index contributed by atoms with van der Waals surface area (Å²) in [6.45, 7) is 3.92. The number of pyridine rings is 1. The number of carbonyl (C=O) groups excluding carboxylic acids is 1. The molecule has 1 amide bonds. The highest BCUT2D eigenvalue weighted by Crippen LogP contribution is 2.18. The summed E-state index contributed by atoms with van der Waals surface area (Å²) in [5, 5.41) is 2.73. The molecule has 5 heteroatoms. The highest BCUT2D eigenvalue weighted by molar-refractivity contribution is 9.10. The molecule has 0 saturated carbocycles. The van der Waals surface area contributed by atoms with Crippen LogP contribution in [-0.2, 0) is 4.79 Å². The van der Waals surface area contributed by atoms with Crippen LogP contribution < -0.4 is 11.1 Å². The summed E-state index contributed by atoms with van der Waals surface area (Å²) in [6, 6.07) is 8.68. The fourth-order valence-electron chi connectivity index (χ4n) is 1.74. The summed E-state index contributed by atoms with van der Waals surface area (Å²) < 4.78 is 0.901. The van der Waals surface area contributed by atoms with Crippen molar-refractivity contribution in [2.45, 2.75) is 19.9 Å². The molecule has 104 valence electrons. The first-order chi connectivity index (χ1) is 9.47. The van der Waals surface area contributed by atoms with Gasteiger partial charge in [0, 0.05) is 10.7 Å². The highest BCUT2D eigenvalue weighted by atomic mass is 79.9. The van der Waals surface area contributed by atoms with E-state index in [-0.39, 0.29) is 5.91 Å². The quantitative estimate of drug-likeness (QED) is 0.906. The number of aryl methyl sites for hydroxylation is 2. The zero-order valence-electron chi connectivity index (χ0n) is 11.4. The van der Waals surface area contributed by atoms with Gasteiger partial charge in [0.15, 0.2) is 0 Å². The second-order valence-electron chi connectivity index (χ2n) is 4.70. The first-order valence-corrected chi connectivity index (χ1v) is 7.02. The third kappa shape index (κ3) is 3.43. The molecule has 0 radical (unpaired) electrons. The van der Waals surface area contributed by atoms with Gasteiger partial charge in [-0.05, 0) is 47.0 Å². The maximum atomic E-state index is 12.1. The van der Waals surface area contributed by atoms with Crippen LogP contribution in [0.5, 0.6) is 0 Å². The van der Waals surface area contributed by atoms with Crippen molar-refractivity contribution in [3.8, 4) is 0 Å². The number of halogens is 1. The van der Waals surface area contributed by atoms with Gasteiger partial charge in [-0.15, -0.1) is 0 Å². The molecular weight excluding hydrogens is 318 g/mol. The third-order valence-electron chi connectivity index (χ3n) is 3.02. The van der Waals surface area contributed by atoms with E-state index >= 15 is 0 Å². The van der Waals surface area contributed by atoms with Gasteiger partial charge in [-0.2, -0.15) is 0 Å². The number of nitrogens with zero attached hydrogens (tertiary/aromatic N) is 1. The van der Waals surface area contributed by atoms with Gasteiger partial charge in [-0.25, -0.2) is 4.98 Å². The molecule has 0 aliphatic carbocycles. The Bertz CT molecular complexity index is 626. The largest absolute Gasteiger partial charge is 0.316 e. The predicted octanol–water partition coefficient (Wildman–Crippen LogP) is 3.10. The number of carbonyl (C=O) groups is 1. The lowest BCUT2D eigenvalue weighted by Crippen LogP contribution is -2.28. The SMILES string of the molecule is Cc1ccc(C(N)C(=O)Nc2cc(C)c(Br)cn2)cc1. The van der Waals surface area contributed by atoms with Gasteiger partial charge in [0.2, 0.25) is 5.91 Å². The van der Waals surface area contributed by atoms with Gasteiger partial charge in [-0.3, -0.25) is 4.79 Å². The van der Waals surface area contributed by atoms with Crippen molar-refractivity contribution < 1.29 is 4.79 Å². The van der Waals surface area contributed by atoms with E-state index in [0.717, 1.165) is 21.2 Å². The van der Waals surface area contributed by atoms with E-state index in [2.05, 4.69) is 26.2 Å². The lowest BCUT2D eigenvalue weighted by Gasteiger charge is -2.13. The standard InChI is InChI=1S/C15H16BrN3O/c1-9-3-5-11(6-4-9)14(17)15(20)19-13-7-10(2)12(16)8-18-13/h3-8,14H,17H2,1-2H3,(H,18,19,20). The Morgan fingerprint density at radius 2 is 1.95 bits per heavy atom. The Labute approximate surface area is 126 Å². The summed E-state index contributed by atoms with van der Waals surface area (Å²) in [7, 11) is 0. The number of nitrogens with two attached hydrogens (primary N) is 1. The first-order valence-electron chi connectivity index (χ1n) is 6.22. The van der Waals surface area contributed by atoms with Gasteiger partial charge < -0.3 is 11.1 Å². The lowest BCUT2D eigenvalue weighted by atomic mass is 10.1. The minimum Gasteiger partial charge on any atom is -0.316 e. The van der Waals surface area contributed by atoms with Crippen LogP contribution in [0.4, 0.5) is 5.82 Å². The first kappa shape index (κ1) is 14.7. The zero-order valence-corrected chi connectivity index (χ0v) is 12.9. The smallest absolute Gasteiger partial charge is 0.247 e. The van der Waals surface area contributed by atoms with Crippen molar-refractivity contribution in [3.63, 3.8) is 0 Å². The maximum absolute atomic E-state index is 12.1. The maximum Gasteiger partial charge on any atom is 0.247 e. The average molecular weight is 334 g/mol. The average Bonchev–Trinajstić information content (AvgIpc) is 2.43. The van der Waals surface area contributed by atoms with Crippen molar-refractivity contribution in [1.29, 1.82) is 0 Å². The Balaban J connectivity index is 2.11. The van der Waals surface area contributed by atoms with E-state index in [9.17, 15) is 4.79 Å². The molecule has 20 heavy (non-hydrogen) atoms. The molecule has 2 aromatic rings. The van der Waals surface area contributed by atoms with Crippen LogP contribution in [0.2, 0.25) is 0 Å². The van der Waals surface area contributed by atoms with Gasteiger partial charge in [0.1, 0.15) is 11.9 Å². The van der Waals surface area contributed by atoms with E-state index < -0.39 is 6.04 Å². The van der Waals surface area contributed by atoms with E-state index in [1.54, 1.807) is 12.3 Å². The number of anilines is 1. The fraction of sp³-hybridized carbons (Fsp3) is 0.200. The summed E-state index contributed by atoms with van der Waals surface area (Å²) >= 11 is 3.37. The van der Waals surface area contributed by atoms with Crippen LogP contribution in [0.3, 0.4) is 0 Å². The fourth-order valence-corrected chi connectivity index (χ4v) is 1.95. The predicted molar refractivity (Wildman–Crippen MR) is 83.4 cm³/mol. The molecule has 1 aromatic carbocycles. The van der Waals surface area contributed by atoms with Crippen LogP contribution in [0.15, 0.2) is 41.0 Å². The summed E-state index contributed by atoms with van der Waals surface area (Å²) in [5.74, 6) is 0.223.